The van der Waals surface area contributed by atoms with Gasteiger partial charge in [-0.1, -0.05) is 48.5 Å². The number of amides is 1. The molecule has 0 radical (unpaired) electrons. The predicted octanol–water partition coefficient (Wildman–Crippen LogP) is 3.78. The normalized spacial score (nSPS) is 12.0. The summed E-state index contributed by atoms with van der Waals surface area (Å²) in [5.74, 6) is 0.377. The van der Waals surface area contributed by atoms with Gasteiger partial charge in [0, 0.05) is 6.07 Å². The second kappa shape index (κ2) is 10.2. The first-order chi connectivity index (χ1) is 15.4. The van der Waals surface area contributed by atoms with E-state index in [9.17, 15) is 13.2 Å². The molecule has 7 nitrogen and oxygen atoms in total. The zero-order valence-corrected chi connectivity index (χ0v) is 19.0. The Bertz CT molecular complexity index is 1150. The third-order valence-corrected chi connectivity index (χ3v) is 6.74. The number of anilines is 1. The molecule has 1 atom stereocenters. The Hall–Kier alpha value is -3.52. The fourth-order valence-corrected chi connectivity index (χ4v) is 4.69. The predicted molar refractivity (Wildman–Crippen MR) is 124 cm³/mol. The average molecular weight is 455 g/mol. The van der Waals surface area contributed by atoms with Gasteiger partial charge in [0.25, 0.3) is 10.0 Å². The van der Waals surface area contributed by atoms with Gasteiger partial charge in [0.2, 0.25) is 5.91 Å². The minimum absolute atomic E-state index is 0.0821. The summed E-state index contributed by atoms with van der Waals surface area (Å²) < 4.78 is 38.5. The molecule has 1 unspecified atom stereocenters. The van der Waals surface area contributed by atoms with E-state index in [-0.39, 0.29) is 16.6 Å². The molecule has 0 aromatic heterocycles. The fourth-order valence-electron chi connectivity index (χ4n) is 3.26. The highest BCUT2D eigenvalue weighted by Crippen LogP contribution is 2.33. The van der Waals surface area contributed by atoms with E-state index in [4.69, 9.17) is 9.47 Å². The van der Waals surface area contributed by atoms with Crippen molar-refractivity contribution in [2.75, 3.05) is 25.1 Å². The molecule has 168 valence electrons. The molecule has 0 saturated carbocycles. The molecule has 8 heteroatoms. The molecule has 0 saturated heterocycles. The van der Waals surface area contributed by atoms with Crippen LogP contribution in [0.3, 0.4) is 0 Å². The van der Waals surface area contributed by atoms with Crippen molar-refractivity contribution in [1.29, 1.82) is 0 Å². The lowest BCUT2D eigenvalue weighted by Crippen LogP contribution is -2.41. The summed E-state index contributed by atoms with van der Waals surface area (Å²) in [5.41, 5.74) is 1.21. The molecule has 0 spiro atoms. The number of ether oxygens (including phenoxy) is 2. The van der Waals surface area contributed by atoms with E-state index in [2.05, 4.69) is 5.32 Å². The van der Waals surface area contributed by atoms with Crippen LogP contribution in [0.4, 0.5) is 5.69 Å². The molecule has 32 heavy (non-hydrogen) atoms. The van der Waals surface area contributed by atoms with Crippen LogP contribution in [0.15, 0.2) is 83.8 Å². The summed E-state index contributed by atoms with van der Waals surface area (Å²) in [7, 11) is -1.06. The summed E-state index contributed by atoms with van der Waals surface area (Å²) in [6.45, 7) is 1.45. The minimum Gasteiger partial charge on any atom is -0.493 e. The highest BCUT2D eigenvalue weighted by molar-refractivity contribution is 7.92. The summed E-state index contributed by atoms with van der Waals surface area (Å²) >= 11 is 0. The molecule has 0 aliphatic carbocycles. The highest BCUT2D eigenvalue weighted by atomic mass is 32.2. The van der Waals surface area contributed by atoms with Crippen LogP contribution >= 0.6 is 0 Å². The van der Waals surface area contributed by atoms with Crippen molar-refractivity contribution in [3.8, 4) is 11.5 Å². The number of carbonyl (C=O) groups is 1. The van der Waals surface area contributed by atoms with Crippen LogP contribution in [0.25, 0.3) is 0 Å². The average Bonchev–Trinajstić information content (AvgIpc) is 2.83. The molecule has 0 heterocycles. The Kier molecular flexibility index (Phi) is 7.37. The van der Waals surface area contributed by atoms with Gasteiger partial charge >= 0.3 is 0 Å². The van der Waals surface area contributed by atoms with Crippen molar-refractivity contribution < 1.29 is 22.7 Å². The van der Waals surface area contributed by atoms with Crippen molar-refractivity contribution in [3.05, 3.63) is 84.4 Å². The Morgan fingerprint density at radius 3 is 2.09 bits per heavy atom. The molecule has 0 aliphatic rings. The highest BCUT2D eigenvalue weighted by Gasteiger charge is 2.28. The van der Waals surface area contributed by atoms with Crippen molar-refractivity contribution in [2.45, 2.75) is 17.9 Å². The number of benzene rings is 3. The lowest BCUT2D eigenvalue weighted by molar-refractivity contribution is -0.120. The molecule has 3 aromatic rings. The lowest BCUT2D eigenvalue weighted by atomic mass is 10.1. The van der Waals surface area contributed by atoms with Gasteiger partial charge in [-0.15, -0.1) is 0 Å². The van der Waals surface area contributed by atoms with Crippen LogP contribution in [0, 0.1) is 0 Å². The first-order valence-electron chi connectivity index (χ1n) is 10.0. The number of rotatable bonds is 9. The Morgan fingerprint density at radius 2 is 1.50 bits per heavy atom. The maximum absolute atomic E-state index is 13.5. The SMILES string of the molecule is COc1ccc(N(CC(=O)NC(C)c2ccccc2)S(=O)(=O)c2ccccc2)cc1OC. The molecule has 3 rings (SSSR count). The molecule has 3 aromatic carbocycles. The van der Waals surface area contributed by atoms with Crippen LogP contribution in [0.1, 0.15) is 18.5 Å². The number of hydrogen-bond donors (Lipinski definition) is 1. The van der Waals surface area contributed by atoms with Gasteiger partial charge in [-0.3, -0.25) is 9.10 Å². The van der Waals surface area contributed by atoms with E-state index in [1.54, 1.807) is 30.3 Å². The maximum atomic E-state index is 13.5. The number of nitrogens with zero attached hydrogens (tertiary/aromatic N) is 1. The van der Waals surface area contributed by atoms with Crippen molar-refractivity contribution in [3.63, 3.8) is 0 Å². The molecule has 1 N–H and O–H groups in total. The lowest BCUT2D eigenvalue weighted by Gasteiger charge is -2.25. The van der Waals surface area contributed by atoms with E-state index in [0.717, 1.165) is 9.87 Å². The topological polar surface area (TPSA) is 84.9 Å². The van der Waals surface area contributed by atoms with Gasteiger partial charge in [-0.05, 0) is 36.8 Å². The third kappa shape index (κ3) is 5.20. The van der Waals surface area contributed by atoms with Gasteiger partial charge in [0.15, 0.2) is 11.5 Å². The van der Waals surface area contributed by atoms with Crippen LogP contribution < -0.4 is 19.1 Å². The molecule has 0 aliphatic heterocycles. The van der Waals surface area contributed by atoms with Crippen LogP contribution in [-0.4, -0.2) is 35.1 Å². The number of sulfonamides is 1. The van der Waals surface area contributed by atoms with E-state index >= 15 is 0 Å². The Balaban J connectivity index is 1.95. The summed E-state index contributed by atoms with van der Waals surface area (Å²) in [4.78, 5) is 13.0. The Morgan fingerprint density at radius 1 is 0.906 bits per heavy atom. The van der Waals surface area contributed by atoms with Crippen molar-refractivity contribution in [1.82, 2.24) is 5.32 Å². The van der Waals surface area contributed by atoms with Gasteiger partial charge in [0.1, 0.15) is 6.54 Å². The third-order valence-electron chi connectivity index (χ3n) is 4.95. The fraction of sp³-hybridized carbons (Fsp3) is 0.208. The van der Waals surface area contributed by atoms with Crippen LogP contribution in [-0.2, 0) is 14.8 Å². The number of hydrogen-bond acceptors (Lipinski definition) is 5. The van der Waals surface area contributed by atoms with E-state index in [0.29, 0.717) is 11.5 Å². The largest absolute Gasteiger partial charge is 0.493 e. The Labute approximate surface area is 188 Å². The van der Waals surface area contributed by atoms with Gasteiger partial charge < -0.3 is 14.8 Å². The van der Waals surface area contributed by atoms with Crippen molar-refractivity contribution >= 4 is 21.6 Å². The van der Waals surface area contributed by atoms with Gasteiger partial charge in [0.05, 0.1) is 30.8 Å². The van der Waals surface area contributed by atoms with E-state index in [1.165, 1.54) is 32.4 Å². The zero-order chi connectivity index (χ0) is 23.1. The zero-order valence-electron chi connectivity index (χ0n) is 18.2. The maximum Gasteiger partial charge on any atom is 0.264 e. The number of nitrogens with one attached hydrogen (secondary N) is 1. The molecular formula is C24H26N2O5S. The molecule has 0 bridgehead atoms. The summed E-state index contributed by atoms with van der Waals surface area (Å²) in [6, 6.07) is 21.9. The summed E-state index contributed by atoms with van der Waals surface area (Å²) in [5, 5.41) is 2.87. The monoisotopic (exact) mass is 454 g/mol. The molecular weight excluding hydrogens is 428 g/mol. The van der Waals surface area contributed by atoms with Crippen molar-refractivity contribution in [2.24, 2.45) is 0 Å². The second-order valence-electron chi connectivity index (χ2n) is 7.06. The summed E-state index contributed by atoms with van der Waals surface area (Å²) in [6.07, 6.45) is 0. The quantitative estimate of drug-likeness (QED) is 0.532. The second-order valence-corrected chi connectivity index (χ2v) is 8.93. The van der Waals surface area contributed by atoms with E-state index in [1.807, 2.05) is 37.3 Å². The van der Waals surface area contributed by atoms with Gasteiger partial charge in [-0.2, -0.15) is 0 Å². The first-order valence-corrected chi connectivity index (χ1v) is 11.4. The number of carbonyl (C=O) groups excluding carboxylic acids is 1. The number of methoxy groups -OCH3 is 2. The molecule has 1 amide bonds. The molecule has 0 fully saturated rings. The smallest absolute Gasteiger partial charge is 0.264 e. The van der Waals surface area contributed by atoms with E-state index < -0.39 is 22.5 Å². The first kappa shape index (κ1) is 23.1. The van der Waals surface area contributed by atoms with Crippen LogP contribution in [0.2, 0.25) is 0 Å². The van der Waals surface area contributed by atoms with Gasteiger partial charge in [-0.25, -0.2) is 8.42 Å². The minimum atomic E-state index is -4.02. The standard InChI is InChI=1S/C24H26N2O5S/c1-18(19-10-6-4-7-11-19)25-24(27)17-26(32(28,29)21-12-8-5-9-13-21)20-14-15-22(30-2)23(16-20)31-3/h4-16,18H,17H2,1-3H3,(H,25,27). The van der Waals surface area contributed by atoms with Crippen LogP contribution in [0.5, 0.6) is 11.5 Å².